The number of alkyl halides is 3. The summed E-state index contributed by atoms with van der Waals surface area (Å²) in [7, 11) is 0. The molecular formula is C21H19F3N2OS. The van der Waals surface area contributed by atoms with Gasteiger partial charge in [0.15, 0.2) is 0 Å². The van der Waals surface area contributed by atoms with E-state index in [9.17, 15) is 18.0 Å². The molecule has 0 aliphatic heterocycles. The molecule has 2 aromatic carbocycles. The maximum Gasteiger partial charge on any atom is 0.416 e. The fraction of sp³-hybridized carbons (Fsp3) is 0.190. The summed E-state index contributed by atoms with van der Waals surface area (Å²) in [5, 5.41) is 2.78. The van der Waals surface area contributed by atoms with Gasteiger partial charge in [-0.1, -0.05) is 24.3 Å². The maximum atomic E-state index is 12.8. The van der Waals surface area contributed by atoms with E-state index in [1.165, 1.54) is 12.1 Å². The van der Waals surface area contributed by atoms with Crippen molar-refractivity contribution < 1.29 is 18.0 Å². The van der Waals surface area contributed by atoms with Crippen molar-refractivity contribution in [3.8, 4) is 22.5 Å². The van der Waals surface area contributed by atoms with Crippen LogP contribution in [0.3, 0.4) is 0 Å². The first kappa shape index (κ1) is 20.1. The largest absolute Gasteiger partial charge is 0.416 e. The Kier molecular flexibility index (Phi) is 5.84. The van der Waals surface area contributed by atoms with Crippen molar-refractivity contribution in [2.45, 2.75) is 18.0 Å². The molecule has 3 nitrogen and oxygen atoms in total. The highest BCUT2D eigenvalue weighted by atomic mass is 32.2. The standard InChI is InChI=1S/C21H19F3N2OS/c1-3-25-20(27)17-12-18(13-7-9-15(10-8-13)21(22,23)24)26-19(17)14-5-4-6-16(11-14)28-2/h4-12,26H,3H2,1-2H3,(H,25,27). The van der Waals surface area contributed by atoms with Crippen LogP contribution in [-0.2, 0) is 6.18 Å². The summed E-state index contributed by atoms with van der Waals surface area (Å²) < 4.78 is 38.4. The van der Waals surface area contributed by atoms with Gasteiger partial charge in [0.2, 0.25) is 0 Å². The van der Waals surface area contributed by atoms with Gasteiger partial charge < -0.3 is 10.3 Å². The molecule has 0 aliphatic rings. The Bertz CT molecular complexity index is 978. The molecule has 0 aliphatic carbocycles. The first-order valence-corrected chi connectivity index (χ1v) is 9.89. The Balaban J connectivity index is 2.07. The van der Waals surface area contributed by atoms with E-state index >= 15 is 0 Å². The molecule has 7 heteroatoms. The summed E-state index contributed by atoms with van der Waals surface area (Å²) >= 11 is 1.59. The number of carbonyl (C=O) groups is 1. The number of halogens is 3. The van der Waals surface area contributed by atoms with Gasteiger partial charge in [0, 0.05) is 17.1 Å². The maximum absolute atomic E-state index is 12.8. The van der Waals surface area contributed by atoms with Gasteiger partial charge in [-0.3, -0.25) is 4.79 Å². The van der Waals surface area contributed by atoms with Crippen molar-refractivity contribution in [1.82, 2.24) is 10.3 Å². The molecular weight excluding hydrogens is 385 g/mol. The second-order valence-corrected chi connectivity index (χ2v) is 7.02. The van der Waals surface area contributed by atoms with Crippen LogP contribution in [0, 0.1) is 0 Å². The highest BCUT2D eigenvalue weighted by Gasteiger charge is 2.30. The minimum Gasteiger partial charge on any atom is -0.354 e. The lowest BCUT2D eigenvalue weighted by Crippen LogP contribution is -2.22. The molecule has 3 aromatic rings. The topological polar surface area (TPSA) is 44.9 Å². The van der Waals surface area contributed by atoms with Crippen LogP contribution in [0.15, 0.2) is 59.5 Å². The Morgan fingerprint density at radius 3 is 2.39 bits per heavy atom. The Morgan fingerprint density at radius 2 is 1.79 bits per heavy atom. The molecule has 146 valence electrons. The molecule has 0 bridgehead atoms. The lowest BCUT2D eigenvalue weighted by molar-refractivity contribution is -0.137. The van der Waals surface area contributed by atoms with Crippen LogP contribution in [0.25, 0.3) is 22.5 Å². The van der Waals surface area contributed by atoms with Crippen LogP contribution in [0.5, 0.6) is 0 Å². The summed E-state index contributed by atoms with van der Waals surface area (Å²) in [6.07, 6.45) is -2.42. The molecule has 28 heavy (non-hydrogen) atoms. The third kappa shape index (κ3) is 4.25. The second kappa shape index (κ2) is 8.14. The van der Waals surface area contributed by atoms with Gasteiger partial charge in [0.05, 0.1) is 16.8 Å². The highest BCUT2D eigenvalue weighted by molar-refractivity contribution is 7.98. The number of nitrogens with one attached hydrogen (secondary N) is 2. The molecule has 3 rings (SSSR count). The molecule has 1 heterocycles. The molecule has 0 saturated heterocycles. The monoisotopic (exact) mass is 404 g/mol. The van der Waals surface area contributed by atoms with Crippen molar-refractivity contribution in [2.75, 3.05) is 12.8 Å². The highest BCUT2D eigenvalue weighted by Crippen LogP contribution is 2.33. The normalized spacial score (nSPS) is 11.5. The quantitative estimate of drug-likeness (QED) is 0.525. The number of carbonyl (C=O) groups excluding carboxylic acids is 1. The van der Waals surface area contributed by atoms with E-state index in [4.69, 9.17) is 0 Å². The van der Waals surface area contributed by atoms with Gasteiger partial charge in [-0.2, -0.15) is 13.2 Å². The van der Waals surface area contributed by atoms with Crippen molar-refractivity contribution in [3.63, 3.8) is 0 Å². The number of H-pyrrole nitrogens is 1. The van der Waals surface area contributed by atoms with Crippen molar-refractivity contribution in [1.29, 1.82) is 0 Å². The first-order chi connectivity index (χ1) is 13.3. The molecule has 0 unspecified atom stereocenters. The van der Waals surface area contributed by atoms with Crippen LogP contribution < -0.4 is 5.32 Å². The van der Waals surface area contributed by atoms with E-state index in [-0.39, 0.29) is 5.91 Å². The van der Waals surface area contributed by atoms with Gasteiger partial charge in [0.1, 0.15) is 0 Å². The second-order valence-electron chi connectivity index (χ2n) is 6.14. The Morgan fingerprint density at radius 1 is 1.07 bits per heavy atom. The lowest BCUT2D eigenvalue weighted by Gasteiger charge is -2.07. The Labute approximate surface area is 165 Å². The van der Waals surface area contributed by atoms with Gasteiger partial charge >= 0.3 is 6.18 Å². The third-order valence-corrected chi connectivity index (χ3v) is 5.01. The number of aromatic nitrogens is 1. The van der Waals surface area contributed by atoms with Crippen LogP contribution in [0.1, 0.15) is 22.8 Å². The van der Waals surface area contributed by atoms with Crippen molar-refractivity contribution in [2.24, 2.45) is 0 Å². The van der Waals surface area contributed by atoms with Gasteiger partial charge in [-0.05, 0) is 54.6 Å². The predicted molar refractivity (Wildman–Crippen MR) is 106 cm³/mol. The number of amides is 1. The minimum atomic E-state index is -4.39. The average Bonchev–Trinajstić information content (AvgIpc) is 3.13. The van der Waals surface area contributed by atoms with Crippen molar-refractivity contribution >= 4 is 17.7 Å². The third-order valence-electron chi connectivity index (χ3n) is 4.28. The number of rotatable bonds is 5. The summed E-state index contributed by atoms with van der Waals surface area (Å²) in [6.45, 7) is 2.30. The molecule has 0 spiro atoms. The first-order valence-electron chi connectivity index (χ1n) is 8.66. The van der Waals surface area contributed by atoms with Gasteiger partial charge in [-0.15, -0.1) is 11.8 Å². The zero-order valence-corrected chi connectivity index (χ0v) is 16.2. The molecule has 0 saturated carbocycles. The number of benzene rings is 2. The number of thioether (sulfide) groups is 1. The van der Waals surface area contributed by atoms with Crippen LogP contribution in [0.4, 0.5) is 13.2 Å². The van der Waals surface area contributed by atoms with Crippen LogP contribution >= 0.6 is 11.8 Å². The van der Waals surface area contributed by atoms with Crippen LogP contribution in [-0.4, -0.2) is 23.7 Å². The molecule has 0 atom stereocenters. The fourth-order valence-corrected chi connectivity index (χ4v) is 3.35. The zero-order valence-electron chi connectivity index (χ0n) is 15.4. The minimum absolute atomic E-state index is 0.235. The van der Waals surface area contributed by atoms with E-state index in [2.05, 4.69) is 10.3 Å². The zero-order chi connectivity index (χ0) is 20.3. The van der Waals surface area contributed by atoms with E-state index in [0.29, 0.717) is 29.1 Å². The van der Waals surface area contributed by atoms with Gasteiger partial charge in [0.25, 0.3) is 5.91 Å². The SMILES string of the molecule is CCNC(=O)c1cc(-c2ccc(C(F)(F)F)cc2)[nH]c1-c1cccc(SC)c1. The number of aromatic amines is 1. The van der Waals surface area contributed by atoms with E-state index in [1.807, 2.05) is 37.4 Å². The Hall–Kier alpha value is -2.67. The van der Waals surface area contributed by atoms with E-state index < -0.39 is 11.7 Å². The molecule has 0 fully saturated rings. The number of hydrogen-bond acceptors (Lipinski definition) is 2. The lowest BCUT2D eigenvalue weighted by atomic mass is 10.1. The fourth-order valence-electron chi connectivity index (χ4n) is 2.89. The van der Waals surface area contributed by atoms with E-state index in [1.54, 1.807) is 17.8 Å². The summed E-state index contributed by atoms with van der Waals surface area (Å²) in [4.78, 5) is 16.8. The van der Waals surface area contributed by atoms with Crippen molar-refractivity contribution in [3.05, 3.63) is 65.7 Å². The molecule has 1 amide bonds. The van der Waals surface area contributed by atoms with Crippen LogP contribution in [0.2, 0.25) is 0 Å². The summed E-state index contributed by atoms with van der Waals surface area (Å²) in [5.74, 6) is -0.235. The van der Waals surface area contributed by atoms with E-state index in [0.717, 1.165) is 22.6 Å². The summed E-state index contributed by atoms with van der Waals surface area (Å²) in [5.41, 5.74) is 2.38. The smallest absolute Gasteiger partial charge is 0.354 e. The summed E-state index contributed by atoms with van der Waals surface area (Å²) in [6, 6.07) is 14.3. The number of hydrogen-bond donors (Lipinski definition) is 2. The molecule has 0 radical (unpaired) electrons. The molecule has 1 aromatic heterocycles. The molecule has 2 N–H and O–H groups in total. The average molecular weight is 404 g/mol. The predicted octanol–water partition coefficient (Wildman–Crippen LogP) is 5.84. The van der Waals surface area contributed by atoms with Gasteiger partial charge in [-0.25, -0.2) is 0 Å².